The molecular weight excluding hydrogens is 258 g/mol. The van der Waals surface area contributed by atoms with Crippen LogP contribution in [0.2, 0.25) is 0 Å². The first-order chi connectivity index (χ1) is 9.24. The molecule has 0 fully saturated rings. The Kier molecular flexibility index (Phi) is 5.71. The zero-order chi connectivity index (χ0) is 15.3. The van der Waals surface area contributed by atoms with E-state index in [-0.39, 0.29) is 12.0 Å². The fraction of sp³-hybridized carbons (Fsp3) is 0.714. The second kappa shape index (κ2) is 6.85. The Morgan fingerprint density at radius 2 is 2.15 bits per heavy atom. The number of carbonyl (C=O) groups is 1. The van der Waals surface area contributed by atoms with Crippen LogP contribution in [0.3, 0.4) is 0 Å². The molecule has 0 saturated heterocycles. The summed E-state index contributed by atoms with van der Waals surface area (Å²) in [5, 5.41) is 13.5. The standard InChI is InChI=1S/C14H25N3O3/c1-14(2,3)13-11(8-16(4)15-13)9-17(6-7-20-5)10-12(18)19/h8H,6-7,9-10H2,1-5H3,(H,18,19). The van der Waals surface area contributed by atoms with Gasteiger partial charge in [0.05, 0.1) is 18.8 Å². The smallest absolute Gasteiger partial charge is 0.317 e. The minimum absolute atomic E-state index is 0.00182. The lowest BCUT2D eigenvalue weighted by molar-refractivity contribution is -0.138. The van der Waals surface area contributed by atoms with Gasteiger partial charge in [-0.05, 0) is 0 Å². The summed E-state index contributed by atoms with van der Waals surface area (Å²) in [6.45, 7) is 7.98. The molecule has 0 aromatic carbocycles. The van der Waals surface area contributed by atoms with Crippen LogP contribution in [0.5, 0.6) is 0 Å². The van der Waals surface area contributed by atoms with Gasteiger partial charge >= 0.3 is 5.97 Å². The van der Waals surface area contributed by atoms with Crippen LogP contribution in [-0.4, -0.2) is 52.6 Å². The summed E-state index contributed by atoms with van der Waals surface area (Å²) in [6, 6.07) is 0. The van der Waals surface area contributed by atoms with E-state index in [1.807, 2.05) is 18.1 Å². The Balaban J connectivity index is 2.89. The van der Waals surface area contributed by atoms with Gasteiger partial charge in [-0.25, -0.2) is 0 Å². The van der Waals surface area contributed by atoms with Crippen LogP contribution < -0.4 is 0 Å². The van der Waals surface area contributed by atoms with Gasteiger partial charge in [-0.15, -0.1) is 0 Å². The third-order valence-corrected chi connectivity index (χ3v) is 2.98. The molecule has 0 spiro atoms. The van der Waals surface area contributed by atoms with Crippen LogP contribution in [0.15, 0.2) is 6.20 Å². The molecule has 0 bridgehead atoms. The molecule has 0 unspecified atom stereocenters. The van der Waals surface area contributed by atoms with Gasteiger partial charge in [0, 0.05) is 44.4 Å². The first-order valence-corrected chi connectivity index (χ1v) is 6.70. The highest BCUT2D eigenvalue weighted by Gasteiger charge is 2.23. The lowest BCUT2D eigenvalue weighted by Gasteiger charge is -2.22. The highest BCUT2D eigenvalue weighted by Crippen LogP contribution is 2.25. The molecule has 0 atom stereocenters. The van der Waals surface area contributed by atoms with Crippen molar-refractivity contribution in [2.75, 3.05) is 26.8 Å². The number of aryl methyl sites for hydroxylation is 1. The average molecular weight is 283 g/mol. The van der Waals surface area contributed by atoms with Gasteiger partial charge in [0.2, 0.25) is 0 Å². The van der Waals surface area contributed by atoms with Gasteiger partial charge < -0.3 is 9.84 Å². The number of rotatable bonds is 7. The molecule has 6 heteroatoms. The summed E-state index contributed by atoms with van der Waals surface area (Å²) in [5.41, 5.74) is 2.01. The summed E-state index contributed by atoms with van der Waals surface area (Å²) in [7, 11) is 3.50. The summed E-state index contributed by atoms with van der Waals surface area (Å²) in [4.78, 5) is 12.8. The third-order valence-electron chi connectivity index (χ3n) is 2.98. The second-order valence-electron chi connectivity index (χ2n) is 6.02. The molecule has 1 rings (SSSR count). The maximum atomic E-state index is 10.9. The normalized spacial score (nSPS) is 12.1. The topological polar surface area (TPSA) is 67.6 Å². The zero-order valence-electron chi connectivity index (χ0n) is 13.0. The first-order valence-electron chi connectivity index (χ1n) is 6.70. The predicted molar refractivity (Wildman–Crippen MR) is 76.7 cm³/mol. The lowest BCUT2D eigenvalue weighted by Crippen LogP contribution is -2.33. The molecule has 1 aromatic heterocycles. The highest BCUT2D eigenvalue weighted by atomic mass is 16.5. The number of nitrogens with zero attached hydrogens (tertiary/aromatic N) is 3. The van der Waals surface area contributed by atoms with Crippen molar-refractivity contribution in [2.45, 2.75) is 32.7 Å². The summed E-state index contributed by atoms with van der Waals surface area (Å²) < 4.78 is 6.82. The van der Waals surface area contributed by atoms with E-state index in [1.165, 1.54) is 0 Å². The quantitative estimate of drug-likeness (QED) is 0.815. The number of ether oxygens (including phenoxy) is 1. The number of aromatic nitrogens is 2. The van der Waals surface area contributed by atoms with Crippen molar-refractivity contribution in [1.29, 1.82) is 0 Å². The fourth-order valence-electron chi connectivity index (χ4n) is 2.15. The minimum Gasteiger partial charge on any atom is -0.480 e. The molecule has 1 N–H and O–H groups in total. The second-order valence-corrected chi connectivity index (χ2v) is 6.02. The van der Waals surface area contributed by atoms with Gasteiger partial charge in [-0.3, -0.25) is 14.4 Å². The Bertz CT molecular complexity index is 449. The van der Waals surface area contributed by atoms with Crippen LogP contribution in [0.25, 0.3) is 0 Å². The number of carboxylic acids is 1. The molecule has 0 aliphatic carbocycles. The minimum atomic E-state index is -0.831. The number of carboxylic acid groups (broad SMARTS) is 1. The molecule has 114 valence electrons. The van der Waals surface area contributed by atoms with E-state index in [4.69, 9.17) is 9.84 Å². The van der Waals surface area contributed by atoms with E-state index < -0.39 is 5.97 Å². The molecule has 20 heavy (non-hydrogen) atoms. The van der Waals surface area contributed by atoms with Crippen LogP contribution in [0.1, 0.15) is 32.0 Å². The van der Waals surface area contributed by atoms with E-state index >= 15 is 0 Å². The van der Waals surface area contributed by atoms with Gasteiger partial charge in [0.1, 0.15) is 0 Å². The van der Waals surface area contributed by atoms with E-state index in [0.717, 1.165) is 11.3 Å². The third kappa shape index (κ3) is 4.94. The van der Waals surface area contributed by atoms with Crippen molar-refractivity contribution in [3.63, 3.8) is 0 Å². The lowest BCUT2D eigenvalue weighted by atomic mass is 9.89. The summed E-state index contributed by atoms with van der Waals surface area (Å²) in [6.07, 6.45) is 1.96. The van der Waals surface area contributed by atoms with E-state index in [1.54, 1.807) is 11.8 Å². The van der Waals surface area contributed by atoms with Gasteiger partial charge in [-0.2, -0.15) is 5.10 Å². The molecule has 6 nitrogen and oxygen atoms in total. The molecule has 1 aromatic rings. The van der Waals surface area contributed by atoms with Crippen LogP contribution in [0.4, 0.5) is 0 Å². The summed E-state index contributed by atoms with van der Waals surface area (Å²) >= 11 is 0. The molecule has 0 amide bonds. The van der Waals surface area contributed by atoms with E-state index in [0.29, 0.717) is 19.7 Å². The molecule has 0 saturated carbocycles. The van der Waals surface area contributed by atoms with E-state index in [9.17, 15) is 4.79 Å². The fourth-order valence-corrected chi connectivity index (χ4v) is 2.15. The molecule has 0 radical (unpaired) electrons. The van der Waals surface area contributed by atoms with Crippen molar-refractivity contribution in [3.05, 3.63) is 17.5 Å². The zero-order valence-corrected chi connectivity index (χ0v) is 13.0. The van der Waals surface area contributed by atoms with Crippen LogP contribution in [-0.2, 0) is 28.5 Å². The van der Waals surface area contributed by atoms with Crippen molar-refractivity contribution in [1.82, 2.24) is 14.7 Å². The number of hydrogen-bond donors (Lipinski definition) is 1. The Morgan fingerprint density at radius 1 is 1.50 bits per heavy atom. The number of hydrogen-bond acceptors (Lipinski definition) is 4. The number of methoxy groups -OCH3 is 1. The van der Waals surface area contributed by atoms with Crippen molar-refractivity contribution < 1.29 is 14.6 Å². The Hall–Kier alpha value is -1.40. The van der Waals surface area contributed by atoms with Gasteiger partial charge in [-0.1, -0.05) is 20.8 Å². The Morgan fingerprint density at radius 3 is 2.65 bits per heavy atom. The van der Waals surface area contributed by atoms with E-state index in [2.05, 4.69) is 25.9 Å². The van der Waals surface area contributed by atoms with Crippen LogP contribution in [0, 0.1) is 0 Å². The molecule has 0 aliphatic rings. The number of aliphatic carboxylic acids is 1. The van der Waals surface area contributed by atoms with Gasteiger partial charge in [0.15, 0.2) is 0 Å². The van der Waals surface area contributed by atoms with Crippen molar-refractivity contribution in [2.24, 2.45) is 7.05 Å². The monoisotopic (exact) mass is 283 g/mol. The highest BCUT2D eigenvalue weighted by molar-refractivity contribution is 5.69. The predicted octanol–water partition coefficient (Wildman–Crippen LogP) is 1.25. The molecular formula is C14H25N3O3. The SMILES string of the molecule is COCCN(CC(=O)O)Cc1cn(C)nc1C(C)(C)C. The maximum Gasteiger partial charge on any atom is 0.317 e. The molecule has 1 heterocycles. The molecule has 0 aliphatic heterocycles. The largest absolute Gasteiger partial charge is 0.480 e. The first kappa shape index (κ1) is 16.7. The van der Waals surface area contributed by atoms with Crippen molar-refractivity contribution >= 4 is 5.97 Å². The van der Waals surface area contributed by atoms with Gasteiger partial charge in [0.25, 0.3) is 0 Å². The van der Waals surface area contributed by atoms with Crippen LogP contribution >= 0.6 is 0 Å². The Labute approximate surface area is 120 Å². The summed E-state index contributed by atoms with van der Waals surface area (Å²) in [5.74, 6) is -0.831. The maximum absolute atomic E-state index is 10.9. The average Bonchev–Trinajstić information content (AvgIpc) is 2.66. The van der Waals surface area contributed by atoms with Crippen molar-refractivity contribution in [3.8, 4) is 0 Å².